The molecule has 0 spiro atoms. The van der Waals surface area contributed by atoms with E-state index in [1.807, 2.05) is 0 Å². The van der Waals surface area contributed by atoms with E-state index in [2.05, 4.69) is 5.32 Å². The first-order chi connectivity index (χ1) is 6.27. The van der Waals surface area contributed by atoms with Gasteiger partial charge in [-0.05, 0) is 17.8 Å². The van der Waals surface area contributed by atoms with Gasteiger partial charge in [-0.2, -0.15) is 0 Å². The number of fused-ring (bicyclic) bond motifs is 2. The van der Waals surface area contributed by atoms with E-state index in [0.29, 0.717) is 24.2 Å². The molecule has 4 heteroatoms. The lowest BCUT2D eigenvalue weighted by atomic mass is 9.75. The van der Waals surface area contributed by atoms with E-state index in [0.717, 1.165) is 26.3 Å². The molecule has 0 aromatic carbocycles. The fourth-order valence-electron chi connectivity index (χ4n) is 2.41. The van der Waals surface area contributed by atoms with E-state index in [1.54, 1.807) is 0 Å². The van der Waals surface area contributed by atoms with Crippen LogP contribution in [-0.4, -0.2) is 37.4 Å². The number of piperidine rings is 1. The summed E-state index contributed by atoms with van der Waals surface area (Å²) in [6.07, 6.45) is 0.306. The Hall–Kier alpha value is -0.610. The molecule has 2 saturated heterocycles. The summed E-state index contributed by atoms with van der Waals surface area (Å²) in [6, 6.07) is 0. The van der Waals surface area contributed by atoms with Crippen molar-refractivity contribution in [3.63, 3.8) is 0 Å². The molecule has 0 aromatic heterocycles. The molecule has 0 amide bonds. The van der Waals surface area contributed by atoms with Gasteiger partial charge in [0, 0.05) is 19.5 Å². The fourth-order valence-corrected chi connectivity index (χ4v) is 2.41. The molecule has 2 N–H and O–H groups in total. The zero-order valence-corrected chi connectivity index (χ0v) is 7.53. The largest absolute Gasteiger partial charge is 0.481 e. The monoisotopic (exact) mass is 185 g/mol. The standard InChI is InChI=1S/C9H15NO3/c11-9(12)1-8-6-2-10-3-7(8)5-13-4-6/h6-8,10H,1-5H2,(H,11,12). The van der Waals surface area contributed by atoms with Crippen LogP contribution < -0.4 is 5.32 Å². The average Bonchev–Trinajstić information content (AvgIpc) is 2.02. The lowest BCUT2D eigenvalue weighted by molar-refractivity contribution is -0.142. The fraction of sp³-hybridized carbons (Fsp3) is 0.889. The highest BCUT2D eigenvalue weighted by Gasteiger charge is 2.37. The Bertz CT molecular complexity index is 185. The lowest BCUT2D eigenvalue weighted by Gasteiger charge is -2.42. The second-order valence-electron chi connectivity index (χ2n) is 3.98. The molecule has 4 nitrogen and oxygen atoms in total. The van der Waals surface area contributed by atoms with Crippen LogP contribution in [0.1, 0.15) is 6.42 Å². The number of hydrogen-bond acceptors (Lipinski definition) is 3. The molecule has 74 valence electrons. The van der Waals surface area contributed by atoms with E-state index >= 15 is 0 Å². The molecule has 2 fully saturated rings. The topological polar surface area (TPSA) is 58.6 Å². The summed E-state index contributed by atoms with van der Waals surface area (Å²) in [4.78, 5) is 10.6. The molecular weight excluding hydrogens is 170 g/mol. The summed E-state index contributed by atoms with van der Waals surface area (Å²) >= 11 is 0. The Kier molecular flexibility index (Phi) is 2.51. The first-order valence-corrected chi connectivity index (χ1v) is 4.77. The number of ether oxygens (including phenoxy) is 1. The van der Waals surface area contributed by atoms with Crippen LogP contribution in [0, 0.1) is 17.8 Å². The van der Waals surface area contributed by atoms with Gasteiger partial charge in [0.15, 0.2) is 0 Å². The van der Waals surface area contributed by atoms with Gasteiger partial charge in [-0.15, -0.1) is 0 Å². The van der Waals surface area contributed by atoms with Crippen LogP contribution in [0.4, 0.5) is 0 Å². The van der Waals surface area contributed by atoms with Crippen LogP contribution >= 0.6 is 0 Å². The molecule has 2 atom stereocenters. The third-order valence-corrected chi connectivity index (χ3v) is 3.10. The van der Waals surface area contributed by atoms with Gasteiger partial charge in [-0.3, -0.25) is 4.79 Å². The SMILES string of the molecule is O=C(O)CC1C2CNCC1COC2. The second-order valence-corrected chi connectivity index (χ2v) is 3.98. The van der Waals surface area contributed by atoms with Gasteiger partial charge < -0.3 is 15.2 Å². The molecule has 0 aromatic rings. The molecule has 2 unspecified atom stereocenters. The van der Waals surface area contributed by atoms with E-state index in [4.69, 9.17) is 9.84 Å². The molecule has 0 radical (unpaired) electrons. The van der Waals surface area contributed by atoms with E-state index < -0.39 is 5.97 Å². The highest BCUT2D eigenvalue weighted by molar-refractivity contribution is 5.67. The Morgan fingerprint density at radius 3 is 2.54 bits per heavy atom. The van der Waals surface area contributed by atoms with Crippen molar-refractivity contribution in [3.05, 3.63) is 0 Å². The van der Waals surface area contributed by atoms with Crippen molar-refractivity contribution < 1.29 is 14.6 Å². The summed E-state index contributed by atoms with van der Waals surface area (Å²) in [6.45, 7) is 3.27. The highest BCUT2D eigenvalue weighted by Crippen LogP contribution is 2.32. The van der Waals surface area contributed by atoms with Crippen molar-refractivity contribution in [1.82, 2.24) is 5.32 Å². The summed E-state index contributed by atoms with van der Waals surface area (Å²) in [5.41, 5.74) is 0. The molecule has 2 heterocycles. The van der Waals surface area contributed by atoms with Gasteiger partial charge in [-0.25, -0.2) is 0 Å². The summed E-state index contributed by atoms with van der Waals surface area (Å²) in [7, 11) is 0. The molecule has 0 saturated carbocycles. The zero-order chi connectivity index (χ0) is 9.26. The third-order valence-electron chi connectivity index (χ3n) is 3.10. The lowest BCUT2D eigenvalue weighted by Crippen LogP contribution is -2.51. The Labute approximate surface area is 77.3 Å². The second kappa shape index (κ2) is 3.64. The van der Waals surface area contributed by atoms with Crippen LogP contribution in [-0.2, 0) is 9.53 Å². The maximum absolute atomic E-state index is 10.6. The van der Waals surface area contributed by atoms with Crippen molar-refractivity contribution >= 4 is 5.97 Å². The zero-order valence-electron chi connectivity index (χ0n) is 7.53. The molecule has 2 rings (SSSR count). The minimum atomic E-state index is -0.677. The smallest absolute Gasteiger partial charge is 0.303 e. The minimum Gasteiger partial charge on any atom is -0.481 e. The first kappa shape index (κ1) is 8.97. The number of rotatable bonds is 2. The van der Waals surface area contributed by atoms with Crippen molar-refractivity contribution in [2.75, 3.05) is 26.3 Å². The van der Waals surface area contributed by atoms with Gasteiger partial charge in [0.25, 0.3) is 0 Å². The Morgan fingerprint density at radius 2 is 2.00 bits per heavy atom. The average molecular weight is 185 g/mol. The van der Waals surface area contributed by atoms with E-state index in [1.165, 1.54) is 0 Å². The van der Waals surface area contributed by atoms with Crippen molar-refractivity contribution in [2.24, 2.45) is 17.8 Å². The van der Waals surface area contributed by atoms with Crippen molar-refractivity contribution in [1.29, 1.82) is 0 Å². The van der Waals surface area contributed by atoms with Crippen LogP contribution in [0.15, 0.2) is 0 Å². The molecule has 0 aliphatic carbocycles. The maximum Gasteiger partial charge on any atom is 0.303 e. The normalized spacial score (nSPS) is 38.6. The van der Waals surface area contributed by atoms with E-state index in [-0.39, 0.29) is 0 Å². The van der Waals surface area contributed by atoms with Crippen molar-refractivity contribution in [2.45, 2.75) is 6.42 Å². The van der Waals surface area contributed by atoms with E-state index in [9.17, 15) is 4.79 Å². The number of carbonyl (C=O) groups is 1. The number of aliphatic carboxylic acids is 1. The summed E-state index contributed by atoms with van der Waals surface area (Å²) < 4.78 is 5.42. The molecule has 2 aliphatic heterocycles. The highest BCUT2D eigenvalue weighted by atomic mass is 16.5. The van der Waals surface area contributed by atoms with Crippen LogP contribution in [0.3, 0.4) is 0 Å². The summed E-state index contributed by atoms with van der Waals surface area (Å²) in [5, 5.41) is 12.1. The van der Waals surface area contributed by atoms with Crippen LogP contribution in [0.25, 0.3) is 0 Å². The Balaban J connectivity index is 2.02. The molecular formula is C9H15NO3. The number of nitrogens with one attached hydrogen (secondary N) is 1. The van der Waals surface area contributed by atoms with Gasteiger partial charge in [0.1, 0.15) is 0 Å². The molecule has 2 aliphatic rings. The predicted octanol–water partition coefficient (Wildman–Crippen LogP) is -0.0569. The Morgan fingerprint density at radius 1 is 1.38 bits per heavy atom. The van der Waals surface area contributed by atoms with Gasteiger partial charge in [0.2, 0.25) is 0 Å². The predicted molar refractivity (Wildman–Crippen MR) is 46.4 cm³/mol. The summed E-state index contributed by atoms with van der Waals surface area (Å²) in [5.74, 6) is 0.462. The minimum absolute atomic E-state index is 0.306. The number of carboxylic acids is 1. The van der Waals surface area contributed by atoms with Gasteiger partial charge in [-0.1, -0.05) is 0 Å². The van der Waals surface area contributed by atoms with Gasteiger partial charge >= 0.3 is 5.97 Å². The first-order valence-electron chi connectivity index (χ1n) is 4.77. The number of carboxylic acid groups (broad SMARTS) is 1. The molecule has 2 bridgehead atoms. The quantitative estimate of drug-likeness (QED) is 0.633. The number of hydrogen-bond donors (Lipinski definition) is 2. The van der Waals surface area contributed by atoms with Crippen LogP contribution in [0.2, 0.25) is 0 Å². The molecule has 13 heavy (non-hydrogen) atoms. The van der Waals surface area contributed by atoms with Crippen molar-refractivity contribution in [3.8, 4) is 0 Å². The van der Waals surface area contributed by atoms with Gasteiger partial charge in [0.05, 0.1) is 13.2 Å². The van der Waals surface area contributed by atoms with Crippen LogP contribution in [0.5, 0.6) is 0 Å². The maximum atomic E-state index is 10.6. The third kappa shape index (κ3) is 1.84.